The molecular formula is C5H7Cl2NO. The fourth-order valence-corrected chi connectivity index (χ4v) is 1.26. The van der Waals surface area contributed by atoms with E-state index in [4.69, 9.17) is 28.9 Å². The Balaban J connectivity index is 2.28. The van der Waals surface area contributed by atoms with Crippen molar-refractivity contribution in [1.82, 2.24) is 0 Å². The minimum absolute atomic E-state index is 0.0957. The fourth-order valence-electron chi connectivity index (χ4n) is 0.734. The second-order valence-corrected chi connectivity index (χ2v) is 3.87. The van der Waals surface area contributed by atoms with E-state index >= 15 is 0 Å². The highest BCUT2D eigenvalue weighted by atomic mass is 35.5. The summed E-state index contributed by atoms with van der Waals surface area (Å²) in [6.45, 7) is 0. The molecule has 0 unspecified atom stereocenters. The number of carbonyl (C=O) groups excluding carboxylic acids is 1. The molecule has 0 aromatic rings. The van der Waals surface area contributed by atoms with Gasteiger partial charge in [-0.1, -0.05) is 0 Å². The molecule has 0 bridgehead atoms. The van der Waals surface area contributed by atoms with Crippen molar-refractivity contribution in [3.63, 3.8) is 0 Å². The standard InChI is InChI=1S/C5H7Cl2NO/c6-5(7)2-3(5)1-4(8)9/h3H,1-2H2,(H2,8,9)/t3-/m1/s1. The van der Waals surface area contributed by atoms with Gasteiger partial charge in [-0.2, -0.15) is 0 Å². The molecule has 1 aliphatic carbocycles. The summed E-state index contributed by atoms with van der Waals surface area (Å²) in [6, 6.07) is 0. The van der Waals surface area contributed by atoms with Gasteiger partial charge in [-0.05, 0) is 6.42 Å². The van der Waals surface area contributed by atoms with E-state index in [1.54, 1.807) is 0 Å². The zero-order chi connectivity index (χ0) is 7.07. The highest BCUT2D eigenvalue weighted by molar-refractivity contribution is 6.51. The number of hydrogen-bond acceptors (Lipinski definition) is 1. The average molecular weight is 168 g/mol. The molecule has 2 N–H and O–H groups in total. The van der Waals surface area contributed by atoms with Crippen molar-refractivity contribution < 1.29 is 4.79 Å². The lowest BCUT2D eigenvalue weighted by atomic mass is 10.3. The minimum atomic E-state index is -0.658. The Morgan fingerprint density at radius 1 is 1.78 bits per heavy atom. The highest BCUT2D eigenvalue weighted by Gasteiger charge is 2.51. The average Bonchev–Trinajstić information content (AvgIpc) is 2.10. The number of hydrogen-bond donors (Lipinski definition) is 1. The number of amides is 1. The normalized spacial score (nSPS) is 29.8. The molecule has 0 aromatic carbocycles. The van der Waals surface area contributed by atoms with Crippen LogP contribution in [0.4, 0.5) is 0 Å². The van der Waals surface area contributed by atoms with Crippen LogP contribution >= 0.6 is 23.2 Å². The Kier molecular flexibility index (Phi) is 1.61. The van der Waals surface area contributed by atoms with Gasteiger partial charge in [0.15, 0.2) is 0 Å². The van der Waals surface area contributed by atoms with Crippen LogP contribution in [0.15, 0.2) is 0 Å². The monoisotopic (exact) mass is 167 g/mol. The topological polar surface area (TPSA) is 43.1 Å². The van der Waals surface area contributed by atoms with Crippen LogP contribution in [0.2, 0.25) is 0 Å². The molecule has 9 heavy (non-hydrogen) atoms. The van der Waals surface area contributed by atoms with Crippen molar-refractivity contribution in [2.75, 3.05) is 0 Å². The molecule has 0 heterocycles. The molecule has 0 saturated heterocycles. The van der Waals surface area contributed by atoms with Crippen molar-refractivity contribution in [2.24, 2.45) is 11.7 Å². The van der Waals surface area contributed by atoms with Gasteiger partial charge in [-0.15, -0.1) is 23.2 Å². The zero-order valence-corrected chi connectivity index (χ0v) is 6.24. The maximum atomic E-state index is 10.2. The Morgan fingerprint density at radius 2 is 2.22 bits per heavy atom. The van der Waals surface area contributed by atoms with Crippen molar-refractivity contribution >= 4 is 29.1 Å². The second kappa shape index (κ2) is 2.03. The predicted molar refractivity (Wildman–Crippen MR) is 36.4 cm³/mol. The van der Waals surface area contributed by atoms with Crippen molar-refractivity contribution in [2.45, 2.75) is 17.2 Å². The Bertz CT molecular complexity index is 146. The Morgan fingerprint density at radius 3 is 2.33 bits per heavy atom. The molecule has 2 nitrogen and oxygen atoms in total. The minimum Gasteiger partial charge on any atom is -0.370 e. The van der Waals surface area contributed by atoms with Crippen LogP contribution < -0.4 is 5.73 Å². The summed E-state index contributed by atoms with van der Waals surface area (Å²) in [5, 5.41) is 0. The van der Waals surface area contributed by atoms with E-state index in [1.807, 2.05) is 0 Å². The summed E-state index contributed by atoms with van der Waals surface area (Å²) in [4.78, 5) is 10.2. The number of halogens is 2. The third kappa shape index (κ3) is 1.73. The van der Waals surface area contributed by atoms with E-state index in [0.29, 0.717) is 12.8 Å². The summed E-state index contributed by atoms with van der Waals surface area (Å²) >= 11 is 11.2. The van der Waals surface area contributed by atoms with E-state index in [1.165, 1.54) is 0 Å². The van der Waals surface area contributed by atoms with Gasteiger partial charge in [-0.25, -0.2) is 0 Å². The maximum Gasteiger partial charge on any atom is 0.217 e. The van der Waals surface area contributed by atoms with E-state index in [-0.39, 0.29) is 11.8 Å². The second-order valence-electron chi connectivity index (χ2n) is 2.33. The van der Waals surface area contributed by atoms with E-state index in [9.17, 15) is 4.79 Å². The summed E-state index contributed by atoms with van der Waals surface area (Å²) in [7, 11) is 0. The number of rotatable bonds is 2. The summed E-state index contributed by atoms with van der Waals surface area (Å²) < 4.78 is -0.658. The number of nitrogens with two attached hydrogens (primary N) is 1. The van der Waals surface area contributed by atoms with Crippen LogP contribution in [0, 0.1) is 5.92 Å². The first-order chi connectivity index (χ1) is 4.02. The van der Waals surface area contributed by atoms with Gasteiger partial charge in [0.2, 0.25) is 5.91 Å². The van der Waals surface area contributed by atoms with Crippen molar-refractivity contribution in [1.29, 1.82) is 0 Å². The first kappa shape index (κ1) is 7.16. The Labute approximate surface area is 63.3 Å². The van der Waals surface area contributed by atoms with Crippen LogP contribution in [0.3, 0.4) is 0 Å². The molecule has 1 rings (SSSR count). The molecule has 0 spiro atoms. The first-order valence-corrected chi connectivity index (χ1v) is 3.44. The van der Waals surface area contributed by atoms with Gasteiger partial charge in [0, 0.05) is 12.3 Å². The summed E-state index contributed by atoms with van der Waals surface area (Å²) in [5.41, 5.74) is 4.90. The molecule has 0 radical (unpaired) electrons. The smallest absolute Gasteiger partial charge is 0.217 e. The highest BCUT2D eigenvalue weighted by Crippen LogP contribution is 2.54. The van der Waals surface area contributed by atoms with Crippen molar-refractivity contribution in [3.8, 4) is 0 Å². The van der Waals surface area contributed by atoms with Gasteiger partial charge >= 0.3 is 0 Å². The number of alkyl halides is 2. The third-order valence-electron chi connectivity index (χ3n) is 1.40. The molecule has 0 aliphatic heterocycles. The molecular weight excluding hydrogens is 161 g/mol. The molecule has 1 aliphatic rings. The molecule has 1 atom stereocenters. The van der Waals surface area contributed by atoms with Gasteiger partial charge in [0.1, 0.15) is 4.33 Å². The lowest BCUT2D eigenvalue weighted by molar-refractivity contribution is -0.118. The van der Waals surface area contributed by atoms with Crippen LogP contribution in [0.25, 0.3) is 0 Å². The molecule has 1 saturated carbocycles. The molecule has 4 heteroatoms. The molecule has 52 valence electrons. The molecule has 0 aromatic heterocycles. The maximum absolute atomic E-state index is 10.2. The van der Waals surface area contributed by atoms with E-state index < -0.39 is 4.33 Å². The predicted octanol–water partition coefficient (Wildman–Crippen LogP) is 1.06. The fraction of sp³-hybridized carbons (Fsp3) is 0.800. The molecule has 1 amide bonds. The number of primary amides is 1. The van der Waals surface area contributed by atoms with Crippen molar-refractivity contribution in [3.05, 3.63) is 0 Å². The zero-order valence-electron chi connectivity index (χ0n) is 4.73. The van der Waals surface area contributed by atoms with Crippen LogP contribution in [-0.2, 0) is 4.79 Å². The lowest BCUT2D eigenvalue weighted by Gasteiger charge is -1.93. The SMILES string of the molecule is NC(=O)C[C@@H]1CC1(Cl)Cl. The van der Waals surface area contributed by atoms with Crippen LogP contribution in [0.5, 0.6) is 0 Å². The van der Waals surface area contributed by atoms with Gasteiger partial charge in [0.25, 0.3) is 0 Å². The lowest BCUT2D eigenvalue weighted by Crippen LogP contribution is -2.12. The quantitative estimate of drug-likeness (QED) is 0.615. The largest absolute Gasteiger partial charge is 0.370 e. The summed E-state index contributed by atoms with van der Waals surface area (Å²) in [5.74, 6) is -0.235. The van der Waals surface area contributed by atoms with E-state index in [0.717, 1.165) is 0 Å². The van der Waals surface area contributed by atoms with Crippen LogP contribution in [0.1, 0.15) is 12.8 Å². The van der Waals surface area contributed by atoms with Gasteiger partial charge in [-0.3, -0.25) is 4.79 Å². The summed E-state index contributed by atoms with van der Waals surface area (Å²) in [6.07, 6.45) is 1.01. The van der Waals surface area contributed by atoms with Gasteiger partial charge < -0.3 is 5.73 Å². The third-order valence-corrected chi connectivity index (χ3v) is 2.33. The molecule has 1 fully saturated rings. The van der Waals surface area contributed by atoms with Gasteiger partial charge in [0.05, 0.1) is 0 Å². The first-order valence-electron chi connectivity index (χ1n) is 2.68. The van der Waals surface area contributed by atoms with Crippen LogP contribution in [-0.4, -0.2) is 10.2 Å². The Hall–Kier alpha value is 0.0500. The van der Waals surface area contributed by atoms with E-state index in [2.05, 4.69) is 0 Å². The number of carbonyl (C=O) groups is 1.